The fourth-order valence-corrected chi connectivity index (χ4v) is 6.06. The van der Waals surface area contributed by atoms with Gasteiger partial charge in [0.15, 0.2) is 21.0 Å². The van der Waals surface area contributed by atoms with E-state index < -0.39 is 21.4 Å². The Labute approximate surface area is 244 Å². The molecule has 0 radical (unpaired) electrons. The molecule has 42 heavy (non-hydrogen) atoms. The number of rotatable bonds is 11. The first kappa shape index (κ1) is 29.0. The molecule has 1 atom stereocenters. The van der Waals surface area contributed by atoms with Crippen molar-refractivity contribution in [3.05, 3.63) is 114 Å². The van der Waals surface area contributed by atoms with Gasteiger partial charge in [-0.25, -0.2) is 18.2 Å². The molecular weight excluding hydrogens is 552 g/mol. The van der Waals surface area contributed by atoms with Gasteiger partial charge in [0.2, 0.25) is 5.89 Å². The zero-order valence-electron chi connectivity index (χ0n) is 23.6. The lowest BCUT2D eigenvalue weighted by atomic mass is 10.0. The van der Waals surface area contributed by atoms with Crippen LogP contribution in [0, 0.1) is 0 Å². The Kier molecular flexibility index (Phi) is 8.15. The maximum atomic E-state index is 13.5. The summed E-state index contributed by atoms with van der Waals surface area (Å²) in [4.78, 5) is 16.3. The fraction of sp³-hybridized carbons (Fsp3) is 0.212. The van der Waals surface area contributed by atoms with Gasteiger partial charge in [0.1, 0.15) is 11.3 Å². The van der Waals surface area contributed by atoms with E-state index in [4.69, 9.17) is 9.15 Å². The number of nitrogens with zero attached hydrogens (tertiary/aromatic N) is 1. The summed E-state index contributed by atoms with van der Waals surface area (Å²) < 4.78 is 38.7. The minimum absolute atomic E-state index is 0.0990. The van der Waals surface area contributed by atoms with E-state index in [1.165, 1.54) is 13.8 Å². The zero-order chi connectivity index (χ0) is 29.9. The standard InChI is InChI=1S/C33H32N2O6S/c1-22(23-16-18-25(19-17-23)41-33(2,3)32(36)37)34-20-24-10-9-13-27(31-35-29-14-7-8-15-30(29)40-31)28(24)21-42(38,39)26-11-5-4-6-12-26/h4-19,22,34H,20-21H2,1-3H3,(H,36,37). The number of para-hydroxylation sites is 2. The van der Waals surface area contributed by atoms with Crippen molar-refractivity contribution in [1.29, 1.82) is 0 Å². The molecule has 5 rings (SSSR count). The Hall–Kier alpha value is -4.47. The molecule has 1 unspecified atom stereocenters. The molecule has 8 nitrogen and oxygen atoms in total. The molecular formula is C33H32N2O6S. The predicted molar refractivity (Wildman–Crippen MR) is 161 cm³/mol. The van der Waals surface area contributed by atoms with Crippen LogP contribution in [-0.4, -0.2) is 30.1 Å². The second-order valence-corrected chi connectivity index (χ2v) is 12.6. The molecule has 1 heterocycles. The lowest BCUT2D eigenvalue weighted by molar-refractivity contribution is -0.152. The number of fused-ring (bicyclic) bond motifs is 1. The third-order valence-corrected chi connectivity index (χ3v) is 8.76. The minimum Gasteiger partial charge on any atom is -0.478 e. The van der Waals surface area contributed by atoms with Crippen LogP contribution in [0.1, 0.15) is 43.5 Å². The van der Waals surface area contributed by atoms with Crippen LogP contribution in [0.4, 0.5) is 0 Å². The average Bonchev–Trinajstić information content (AvgIpc) is 3.41. The average molecular weight is 585 g/mol. The molecule has 5 aromatic rings. The quantitative estimate of drug-likeness (QED) is 0.179. The molecule has 0 spiro atoms. The predicted octanol–water partition coefficient (Wildman–Crippen LogP) is 6.56. The van der Waals surface area contributed by atoms with Crippen molar-refractivity contribution in [2.75, 3.05) is 0 Å². The number of ether oxygens (including phenoxy) is 1. The summed E-state index contributed by atoms with van der Waals surface area (Å²) >= 11 is 0. The van der Waals surface area contributed by atoms with Crippen LogP contribution in [0.3, 0.4) is 0 Å². The Morgan fingerprint density at radius 2 is 1.64 bits per heavy atom. The number of benzene rings is 4. The summed E-state index contributed by atoms with van der Waals surface area (Å²) in [7, 11) is -3.67. The first-order valence-electron chi connectivity index (χ1n) is 13.5. The van der Waals surface area contributed by atoms with Crippen LogP contribution in [0.5, 0.6) is 5.75 Å². The van der Waals surface area contributed by atoms with Gasteiger partial charge in [-0.2, -0.15) is 0 Å². The summed E-state index contributed by atoms with van der Waals surface area (Å²) in [6.45, 7) is 5.39. The van der Waals surface area contributed by atoms with Crippen molar-refractivity contribution in [3.8, 4) is 17.2 Å². The lowest BCUT2D eigenvalue weighted by Crippen LogP contribution is -2.37. The Balaban J connectivity index is 1.43. The summed E-state index contributed by atoms with van der Waals surface area (Å²) in [6.07, 6.45) is 0. The largest absolute Gasteiger partial charge is 0.478 e. The molecule has 0 aliphatic heterocycles. The van der Waals surface area contributed by atoms with Crippen LogP contribution < -0.4 is 10.1 Å². The third-order valence-electron chi connectivity index (χ3n) is 7.10. The van der Waals surface area contributed by atoms with Crippen molar-refractivity contribution >= 4 is 26.9 Å². The minimum atomic E-state index is -3.67. The van der Waals surface area contributed by atoms with Crippen LogP contribution in [0.15, 0.2) is 106 Å². The number of carboxylic acid groups (broad SMARTS) is 1. The number of carbonyl (C=O) groups is 1. The monoisotopic (exact) mass is 584 g/mol. The molecule has 216 valence electrons. The van der Waals surface area contributed by atoms with Gasteiger partial charge in [0.25, 0.3) is 0 Å². The van der Waals surface area contributed by atoms with Crippen molar-refractivity contribution in [3.63, 3.8) is 0 Å². The van der Waals surface area contributed by atoms with Crippen LogP contribution in [0.25, 0.3) is 22.6 Å². The molecule has 1 aromatic heterocycles. The Bertz CT molecular complexity index is 1780. The first-order valence-corrected chi connectivity index (χ1v) is 15.2. The highest BCUT2D eigenvalue weighted by Gasteiger charge is 2.29. The van der Waals surface area contributed by atoms with Crippen LogP contribution in [-0.2, 0) is 26.9 Å². The lowest BCUT2D eigenvalue weighted by Gasteiger charge is -2.22. The van der Waals surface area contributed by atoms with E-state index >= 15 is 0 Å². The smallest absolute Gasteiger partial charge is 0.347 e. The number of sulfone groups is 1. The third kappa shape index (κ3) is 6.37. The molecule has 0 bridgehead atoms. The molecule has 0 aliphatic carbocycles. The highest BCUT2D eigenvalue weighted by Crippen LogP contribution is 2.32. The maximum absolute atomic E-state index is 13.5. The molecule has 0 aliphatic rings. The van der Waals surface area contributed by atoms with Gasteiger partial charge in [0, 0.05) is 18.2 Å². The highest BCUT2D eigenvalue weighted by atomic mass is 32.2. The molecule has 9 heteroatoms. The van der Waals surface area contributed by atoms with Crippen molar-refractivity contribution < 1.29 is 27.5 Å². The van der Waals surface area contributed by atoms with E-state index in [2.05, 4.69) is 10.3 Å². The van der Waals surface area contributed by atoms with E-state index in [0.29, 0.717) is 40.4 Å². The second kappa shape index (κ2) is 11.8. The molecule has 4 aromatic carbocycles. The van der Waals surface area contributed by atoms with Gasteiger partial charge in [-0.05, 0) is 79.9 Å². The highest BCUT2D eigenvalue weighted by molar-refractivity contribution is 7.90. The molecule has 2 N–H and O–H groups in total. The van der Waals surface area contributed by atoms with E-state index in [9.17, 15) is 18.3 Å². The number of hydrogen-bond acceptors (Lipinski definition) is 7. The number of carboxylic acids is 1. The first-order chi connectivity index (χ1) is 20.0. The van der Waals surface area contributed by atoms with Crippen molar-refractivity contribution in [2.24, 2.45) is 0 Å². The summed E-state index contributed by atoms with van der Waals surface area (Å²) in [5.41, 5.74) is 2.99. The van der Waals surface area contributed by atoms with Crippen molar-refractivity contribution in [1.82, 2.24) is 10.3 Å². The number of nitrogens with one attached hydrogen (secondary N) is 1. The van der Waals surface area contributed by atoms with Crippen molar-refractivity contribution in [2.45, 2.75) is 49.6 Å². The zero-order valence-corrected chi connectivity index (χ0v) is 24.4. The number of oxazole rings is 1. The van der Waals surface area contributed by atoms with Gasteiger partial charge in [0.05, 0.1) is 10.6 Å². The normalized spacial score (nSPS) is 12.7. The topological polar surface area (TPSA) is 119 Å². The number of hydrogen-bond donors (Lipinski definition) is 2. The Morgan fingerprint density at radius 1 is 0.952 bits per heavy atom. The van der Waals surface area contributed by atoms with Crippen LogP contribution in [0.2, 0.25) is 0 Å². The Morgan fingerprint density at radius 3 is 2.33 bits per heavy atom. The SMILES string of the molecule is CC(NCc1cccc(-c2nc3ccccc3o2)c1CS(=O)(=O)c1ccccc1)c1ccc(OC(C)(C)C(=O)O)cc1. The summed E-state index contributed by atoms with van der Waals surface area (Å²) in [6, 6.07) is 28.6. The summed E-state index contributed by atoms with van der Waals surface area (Å²) in [5, 5.41) is 12.8. The molecule has 0 fully saturated rings. The van der Waals surface area contributed by atoms with Gasteiger partial charge < -0.3 is 19.6 Å². The summed E-state index contributed by atoms with van der Waals surface area (Å²) in [5.74, 6) is -0.448. The van der Waals surface area contributed by atoms with E-state index in [1.54, 1.807) is 42.5 Å². The van der Waals surface area contributed by atoms with Gasteiger partial charge in [-0.15, -0.1) is 0 Å². The van der Waals surface area contributed by atoms with Gasteiger partial charge in [-0.3, -0.25) is 0 Å². The molecule has 0 saturated heterocycles. The van der Waals surface area contributed by atoms with Crippen LogP contribution >= 0.6 is 0 Å². The van der Waals surface area contributed by atoms with E-state index in [-0.39, 0.29) is 16.7 Å². The molecule has 0 saturated carbocycles. The second-order valence-electron chi connectivity index (χ2n) is 10.6. The molecule has 0 amide bonds. The number of aromatic nitrogens is 1. The van der Waals surface area contributed by atoms with E-state index in [0.717, 1.165) is 11.1 Å². The maximum Gasteiger partial charge on any atom is 0.347 e. The van der Waals surface area contributed by atoms with Gasteiger partial charge >= 0.3 is 5.97 Å². The number of aliphatic carboxylic acids is 1. The fourth-order valence-electron chi connectivity index (χ4n) is 4.60. The van der Waals surface area contributed by atoms with Gasteiger partial charge in [-0.1, -0.05) is 54.6 Å². The van der Waals surface area contributed by atoms with E-state index in [1.807, 2.05) is 61.5 Å².